The van der Waals surface area contributed by atoms with Crippen molar-refractivity contribution in [2.24, 2.45) is 0 Å². The Hall–Kier alpha value is -2.98. The summed E-state index contributed by atoms with van der Waals surface area (Å²) >= 11 is 6.00. The number of carboxylic acids is 1. The minimum absolute atomic E-state index is 0.0760. The molecule has 1 heterocycles. The van der Waals surface area contributed by atoms with E-state index >= 15 is 0 Å². The Morgan fingerprint density at radius 2 is 2.00 bits per heavy atom. The van der Waals surface area contributed by atoms with Gasteiger partial charge in [-0.05, 0) is 36.4 Å². The predicted octanol–water partition coefficient (Wildman–Crippen LogP) is 4.71. The fraction of sp³-hybridized carbons (Fsp3) is 0.150. The average Bonchev–Trinajstić information content (AvgIpc) is 2.65. The van der Waals surface area contributed by atoms with Gasteiger partial charge in [-0.25, -0.2) is 13.6 Å². The van der Waals surface area contributed by atoms with E-state index in [1.165, 1.54) is 36.4 Å². The molecule has 144 valence electrons. The zero-order valence-electron chi connectivity index (χ0n) is 14.0. The second-order valence-corrected chi connectivity index (χ2v) is 6.37. The summed E-state index contributed by atoms with van der Waals surface area (Å²) in [4.78, 5) is 11.3. The van der Waals surface area contributed by atoms with Gasteiger partial charge in [0.25, 0.3) is 0 Å². The summed E-state index contributed by atoms with van der Waals surface area (Å²) in [7, 11) is 0. The standard InChI is InChI=1S/C20H11ClF4O3/c21-14-7-12(5-4-11-2-1-3-15(23)6-11)17-13(8-14)9-16(19(26)27)18(28-17)20(24,25)10-22/h1-3,6-9,18H,10H2,(H,26,27). The molecule has 3 nitrogen and oxygen atoms in total. The van der Waals surface area contributed by atoms with Gasteiger partial charge >= 0.3 is 11.9 Å². The third-order valence-corrected chi connectivity index (χ3v) is 4.10. The van der Waals surface area contributed by atoms with E-state index in [4.69, 9.17) is 16.3 Å². The van der Waals surface area contributed by atoms with Crippen molar-refractivity contribution in [1.29, 1.82) is 0 Å². The van der Waals surface area contributed by atoms with Crippen molar-refractivity contribution < 1.29 is 32.2 Å². The molecular weight excluding hydrogens is 400 g/mol. The van der Waals surface area contributed by atoms with E-state index in [0.717, 1.165) is 6.08 Å². The molecule has 0 aromatic heterocycles. The topological polar surface area (TPSA) is 46.5 Å². The highest BCUT2D eigenvalue weighted by atomic mass is 35.5. The number of rotatable bonds is 3. The number of fused-ring (bicyclic) bond motifs is 1. The second kappa shape index (κ2) is 7.56. The normalized spacial score (nSPS) is 15.6. The number of hydrogen-bond acceptors (Lipinski definition) is 2. The van der Waals surface area contributed by atoms with Gasteiger partial charge in [0.05, 0.1) is 11.1 Å². The Bertz CT molecular complexity index is 1040. The highest BCUT2D eigenvalue weighted by Crippen LogP contribution is 2.40. The Balaban J connectivity index is 2.12. The number of aliphatic carboxylic acids is 1. The number of hydrogen-bond donors (Lipinski definition) is 1. The summed E-state index contributed by atoms with van der Waals surface area (Å²) in [6.07, 6.45) is -1.38. The van der Waals surface area contributed by atoms with Crippen molar-refractivity contribution in [3.63, 3.8) is 0 Å². The van der Waals surface area contributed by atoms with E-state index in [1.807, 2.05) is 0 Å². The number of halogens is 5. The molecule has 0 spiro atoms. The van der Waals surface area contributed by atoms with Crippen molar-refractivity contribution in [2.75, 3.05) is 6.67 Å². The van der Waals surface area contributed by atoms with E-state index in [1.54, 1.807) is 0 Å². The van der Waals surface area contributed by atoms with Gasteiger partial charge in [-0.15, -0.1) is 0 Å². The van der Waals surface area contributed by atoms with Gasteiger partial charge in [-0.1, -0.05) is 29.5 Å². The van der Waals surface area contributed by atoms with Gasteiger partial charge in [0.1, 0.15) is 11.6 Å². The van der Waals surface area contributed by atoms with Gasteiger partial charge in [-0.3, -0.25) is 0 Å². The van der Waals surface area contributed by atoms with Gasteiger partial charge in [0.15, 0.2) is 12.8 Å². The molecule has 28 heavy (non-hydrogen) atoms. The van der Waals surface area contributed by atoms with Crippen LogP contribution >= 0.6 is 11.6 Å². The molecule has 2 aromatic carbocycles. The van der Waals surface area contributed by atoms with Crippen LogP contribution in [0.25, 0.3) is 6.08 Å². The van der Waals surface area contributed by atoms with Crippen LogP contribution in [-0.2, 0) is 4.79 Å². The van der Waals surface area contributed by atoms with Crippen LogP contribution < -0.4 is 4.74 Å². The molecule has 0 saturated heterocycles. The Labute approximate surface area is 162 Å². The minimum atomic E-state index is -4.06. The van der Waals surface area contributed by atoms with Crippen molar-refractivity contribution in [1.82, 2.24) is 0 Å². The Kier molecular flexibility index (Phi) is 5.34. The first-order valence-corrected chi connectivity index (χ1v) is 8.25. The quantitative estimate of drug-likeness (QED) is 0.588. The first-order chi connectivity index (χ1) is 13.2. The van der Waals surface area contributed by atoms with Gasteiger partial charge in [-0.2, -0.15) is 8.78 Å². The maximum Gasteiger partial charge on any atom is 0.335 e. The lowest BCUT2D eigenvalue weighted by Gasteiger charge is -2.30. The maximum absolute atomic E-state index is 13.9. The van der Waals surface area contributed by atoms with Crippen LogP contribution in [-0.4, -0.2) is 29.8 Å². The maximum atomic E-state index is 13.9. The monoisotopic (exact) mass is 410 g/mol. The molecule has 3 rings (SSSR count). The van der Waals surface area contributed by atoms with Crippen molar-refractivity contribution in [2.45, 2.75) is 12.0 Å². The molecule has 0 bridgehead atoms. The summed E-state index contributed by atoms with van der Waals surface area (Å²) in [6, 6.07) is 8.04. The van der Waals surface area contributed by atoms with Crippen molar-refractivity contribution in [3.8, 4) is 17.6 Å². The fourth-order valence-electron chi connectivity index (χ4n) is 2.63. The average molecular weight is 411 g/mol. The number of benzene rings is 2. The lowest BCUT2D eigenvalue weighted by molar-refractivity contribution is -0.139. The van der Waals surface area contributed by atoms with E-state index in [-0.39, 0.29) is 21.9 Å². The Morgan fingerprint density at radius 3 is 2.64 bits per heavy atom. The second-order valence-electron chi connectivity index (χ2n) is 5.93. The lowest BCUT2D eigenvalue weighted by atomic mass is 9.96. The van der Waals surface area contributed by atoms with Gasteiger partial charge in [0.2, 0.25) is 0 Å². The highest BCUT2D eigenvalue weighted by Gasteiger charge is 2.48. The molecule has 0 fully saturated rings. The molecule has 2 aromatic rings. The third kappa shape index (κ3) is 3.97. The van der Waals surface area contributed by atoms with Crippen LogP contribution in [0.2, 0.25) is 5.02 Å². The molecule has 1 atom stereocenters. The van der Waals surface area contributed by atoms with Crippen LogP contribution in [0, 0.1) is 17.7 Å². The molecule has 8 heteroatoms. The van der Waals surface area contributed by atoms with Crippen LogP contribution in [0.15, 0.2) is 42.0 Å². The zero-order chi connectivity index (χ0) is 20.5. The third-order valence-electron chi connectivity index (χ3n) is 3.89. The molecular formula is C20H11ClF4O3. The number of carbonyl (C=O) groups is 1. The molecule has 1 N–H and O–H groups in total. The first-order valence-electron chi connectivity index (χ1n) is 7.88. The summed E-state index contributed by atoms with van der Waals surface area (Å²) < 4.78 is 59.1. The summed E-state index contributed by atoms with van der Waals surface area (Å²) in [5.41, 5.74) is -0.301. The van der Waals surface area contributed by atoms with Crippen LogP contribution in [0.1, 0.15) is 16.7 Å². The molecule has 0 aliphatic carbocycles. The number of alkyl halides is 3. The fourth-order valence-corrected chi connectivity index (χ4v) is 2.86. The molecule has 0 amide bonds. The van der Waals surface area contributed by atoms with Crippen molar-refractivity contribution in [3.05, 3.63) is 69.5 Å². The summed E-state index contributed by atoms with van der Waals surface area (Å²) in [5.74, 6) is -1.09. The minimum Gasteiger partial charge on any atom is -0.478 e. The lowest BCUT2D eigenvalue weighted by Crippen LogP contribution is -2.44. The van der Waals surface area contributed by atoms with Crippen LogP contribution in [0.5, 0.6) is 5.75 Å². The summed E-state index contributed by atoms with van der Waals surface area (Å²) in [5, 5.41) is 9.36. The zero-order valence-corrected chi connectivity index (χ0v) is 14.7. The molecule has 0 radical (unpaired) electrons. The molecule has 1 aliphatic rings. The largest absolute Gasteiger partial charge is 0.478 e. The van der Waals surface area contributed by atoms with Gasteiger partial charge in [0, 0.05) is 16.1 Å². The SMILES string of the molecule is O=C(O)C1=Cc2cc(Cl)cc(C#Cc3cccc(F)c3)c2OC1C(F)(F)CF. The predicted molar refractivity (Wildman–Crippen MR) is 94.8 cm³/mol. The van der Waals surface area contributed by atoms with E-state index in [0.29, 0.717) is 5.56 Å². The highest BCUT2D eigenvalue weighted by molar-refractivity contribution is 6.31. The van der Waals surface area contributed by atoms with E-state index in [2.05, 4.69) is 11.8 Å². The summed E-state index contributed by atoms with van der Waals surface area (Å²) in [6.45, 7) is -2.10. The first kappa shape index (κ1) is 19.8. The van der Waals surface area contributed by atoms with Crippen LogP contribution in [0.3, 0.4) is 0 Å². The molecule has 1 unspecified atom stereocenters. The van der Waals surface area contributed by atoms with Crippen LogP contribution in [0.4, 0.5) is 17.6 Å². The Morgan fingerprint density at radius 1 is 1.25 bits per heavy atom. The smallest absolute Gasteiger partial charge is 0.335 e. The molecule has 1 aliphatic heterocycles. The van der Waals surface area contributed by atoms with Gasteiger partial charge < -0.3 is 9.84 Å². The van der Waals surface area contributed by atoms with Crippen molar-refractivity contribution >= 4 is 23.6 Å². The number of carboxylic acid groups (broad SMARTS) is 1. The van der Waals surface area contributed by atoms with E-state index < -0.39 is 36.1 Å². The molecule has 0 saturated carbocycles. The van der Waals surface area contributed by atoms with E-state index in [9.17, 15) is 27.5 Å². The number of ether oxygens (including phenoxy) is 1.